The quantitative estimate of drug-likeness (QED) is 0.202. The number of carbonyl (C=O) groups is 2. The van der Waals surface area contributed by atoms with Crippen LogP contribution >= 0.6 is 0 Å². The molecule has 0 radical (unpaired) electrons. The molecule has 0 spiro atoms. The van der Waals surface area contributed by atoms with Crippen molar-refractivity contribution < 1.29 is 51.9 Å². The third-order valence-electron chi connectivity index (χ3n) is 8.21. The average molecular weight is 700 g/mol. The van der Waals surface area contributed by atoms with Crippen molar-refractivity contribution in [1.29, 1.82) is 0 Å². The van der Waals surface area contributed by atoms with Crippen molar-refractivity contribution in [3.8, 4) is 11.5 Å². The van der Waals surface area contributed by atoms with Crippen LogP contribution in [0.1, 0.15) is 76.4 Å². The summed E-state index contributed by atoms with van der Waals surface area (Å²) in [6.45, 7) is 12.2. The van der Waals surface area contributed by atoms with Gasteiger partial charge in [0.25, 0.3) is 0 Å². The number of cyclic esters (lactones) is 1. The standard InChI is InChI=1S/C38H50FNO10/c1-23-18-29(39)33(45-21-25-14-16-28(44-10)17-15-25)34-30(48-38(6,7)49-34)13-11-12-26-19-27(40(8)36(42)50-37(3,4)5)20-31(46-22-43-9)32(26)35(41)47-24(23)2/h11-12,14-20,23-24,30,33-34H,13,21-22H2,1-10H3/b12-11?,29-18+/t23-,24+,30+,33-,34+/m1/s1. The van der Waals surface area contributed by atoms with Crippen LogP contribution in [-0.4, -0.2) is 75.9 Å². The molecule has 0 aromatic heterocycles. The number of fused-ring (bicyclic) bond motifs is 2. The summed E-state index contributed by atoms with van der Waals surface area (Å²) in [6, 6.07) is 10.5. The molecule has 0 saturated carbocycles. The molecular formula is C38H50FNO10. The number of ether oxygens (including phenoxy) is 8. The minimum Gasteiger partial charge on any atom is -0.497 e. The molecule has 2 aromatic carbocycles. The Morgan fingerprint density at radius 2 is 1.78 bits per heavy atom. The van der Waals surface area contributed by atoms with Gasteiger partial charge >= 0.3 is 12.1 Å². The lowest BCUT2D eigenvalue weighted by Crippen LogP contribution is -2.38. The highest BCUT2D eigenvalue weighted by molar-refractivity contribution is 5.99. The molecule has 50 heavy (non-hydrogen) atoms. The van der Waals surface area contributed by atoms with Crippen LogP contribution in [0.15, 0.2) is 54.4 Å². The van der Waals surface area contributed by atoms with Crippen molar-refractivity contribution in [2.45, 2.75) is 97.3 Å². The smallest absolute Gasteiger partial charge is 0.414 e. The average Bonchev–Trinajstić information content (AvgIpc) is 3.35. The van der Waals surface area contributed by atoms with Gasteiger partial charge < -0.3 is 37.9 Å². The number of halogens is 1. The highest BCUT2D eigenvalue weighted by Gasteiger charge is 2.47. The molecular weight excluding hydrogens is 649 g/mol. The predicted octanol–water partition coefficient (Wildman–Crippen LogP) is 7.61. The van der Waals surface area contributed by atoms with Crippen molar-refractivity contribution in [2.24, 2.45) is 5.92 Å². The molecule has 0 bridgehead atoms. The number of amides is 1. The molecule has 0 N–H and O–H groups in total. The zero-order valence-electron chi connectivity index (χ0n) is 30.6. The first-order valence-corrected chi connectivity index (χ1v) is 16.6. The second kappa shape index (κ2) is 16.4. The van der Waals surface area contributed by atoms with Gasteiger partial charge in [-0.2, -0.15) is 0 Å². The van der Waals surface area contributed by atoms with Crippen LogP contribution < -0.4 is 14.4 Å². The van der Waals surface area contributed by atoms with E-state index in [4.69, 9.17) is 37.9 Å². The molecule has 12 heteroatoms. The number of anilines is 1. The van der Waals surface area contributed by atoms with E-state index in [1.54, 1.807) is 86.9 Å². The minimum absolute atomic E-state index is 0.100. The van der Waals surface area contributed by atoms with E-state index in [0.29, 0.717) is 17.0 Å². The fourth-order valence-corrected chi connectivity index (χ4v) is 5.52. The zero-order chi connectivity index (χ0) is 36.8. The van der Waals surface area contributed by atoms with Gasteiger partial charge in [-0.3, -0.25) is 4.90 Å². The largest absolute Gasteiger partial charge is 0.497 e. The van der Waals surface area contributed by atoms with Crippen molar-refractivity contribution in [3.63, 3.8) is 0 Å². The lowest BCUT2D eigenvalue weighted by molar-refractivity contribution is -0.158. The van der Waals surface area contributed by atoms with Gasteiger partial charge in [0.1, 0.15) is 46.8 Å². The molecule has 0 aliphatic carbocycles. The van der Waals surface area contributed by atoms with Crippen LogP contribution in [0.2, 0.25) is 0 Å². The summed E-state index contributed by atoms with van der Waals surface area (Å²) in [4.78, 5) is 28.2. The predicted molar refractivity (Wildman–Crippen MR) is 186 cm³/mol. The van der Waals surface area contributed by atoms with Crippen molar-refractivity contribution in [1.82, 2.24) is 0 Å². The second-order valence-electron chi connectivity index (χ2n) is 13.9. The highest BCUT2D eigenvalue weighted by atomic mass is 19.1. The summed E-state index contributed by atoms with van der Waals surface area (Å²) in [5.74, 6) is -2.03. The van der Waals surface area contributed by atoms with E-state index in [-0.39, 0.29) is 31.1 Å². The van der Waals surface area contributed by atoms with Gasteiger partial charge in [-0.05, 0) is 83.4 Å². The summed E-state index contributed by atoms with van der Waals surface area (Å²) in [5, 5.41) is 0. The Labute approximate surface area is 294 Å². The molecule has 2 heterocycles. The maximum Gasteiger partial charge on any atom is 0.414 e. The van der Waals surface area contributed by atoms with Gasteiger partial charge in [0.05, 0.1) is 25.5 Å². The highest BCUT2D eigenvalue weighted by Crippen LogP contribution is 2.38. The van der Waals surface area contributed by atoms with E-state index in [9.17, 15) is 9.59 Å². The van der Waals surface area contributed by atoms with Crippen LogP contribution in [0.25, 0.3) is 6.08 Å². The monoisotopic (exact) mass is 699 g/mol. The molecule has 1 fully saturated rings. The Morgan fingerprint density at radius 1 is 1.08 bits per heavy atom. The first kappa shape index (κ1) is 38.8. The van der Waals surface area contributed by atoms with Crippen LogP contribution in [0.3, 0.4) is 0 Å². The number of nitrogens with zero attached hydrogens (tertiary/aromatic N) is 1. The Balaban J connectivity index is 1.77. The molecule has 2 aromatic rings. The van der Waals surface area contributed by atoms with Crippen LogP contribution in [-0.2, 0) is 35.0 Å². The Bertz CT molecular complexity index is 1550. The van der Waals surface area contributed by atoms with Gasteiger partial charge in [0, 0.05) is 26.1 Å². The number of rotatable bonds is 8. The van der Waals surface area contributed by atoms with Crippen molar-refractivity contribution >= 4 is 23.8 Å². The van der Waals surface area contributed by atoms with Gasteiger partial charge in [-0.1, -0.05) is 31.2 Å². The molecule has 5 atom stereocenters. The van der Waals surface area contributed by atoms with Gasteiger partial charge in [-0.25, -0.2) is 14.0 Å². The molecule has 4 rings (SSSR count). The maximum absolute atomic E-state index is 16.3. The summed E-state index contributed by atoms with van der Waals surface area (Å²) in [6.07, 6.45) is 1.26. The molecule has 1 amide bonds. The number of carbonyl (C=O) groups excluding carboxylic acids is 2. The topological polar surface area (TPSA) is 111 Å². The first-order valence-electron chi connectivity index (χ1n) is 16.6. The van der Waals surface area contributed by atoms with Gasteiger partial charge in [0.2, 0.25) is 0 Å². The van der Waals surface area contributed by atoms with E-state index >= 15 is 4.39 Å². The van der Waals surface area contributed by atoms with Gasteiger partial charge in [0.15, 0.2) is 12.6 Å². The zero-order valence-corrected chi connectivity index (χ0v) is 30.6. The van der Waals surface area contributed by atoms with E-state index in [2.05, 4.69) is 0 Å². The number of hydrogen-bond acceptors (Lipinski definition) is 10. The number of methoxy groups -OCH3 is 2. The van der Waals surface area contributed by atoms with E-state index in [0.717, 1.165) is 5.56 Å². The fraction of sp³-hybridized carbons (Fsp3) is 0.526. The first-order chi connectivity index (χ1) is 23.5. The SMILES string of the molecule is COCOc1cc(N(C)C(=O)OC(C)(C)C)cc2c1C(=O)O[C@@H](C)[C@H](C)/C=C(/F)[C@@H](OCc1ccc(OC)cc1)[C@H]1OC(C)(C)O[C@H]1CC=C2. The molecule has 11 nitrogen and oxygen atoms in total. The van der Waals surface area contributed by atoms with E-state index in [1.165, 1.54) is 18.1 Å². The van der Waals surface area contributed by atoms with Crippen molar-refractivity contribution in [2.75, 3.05) is 33.0 Å². The van der Waals surface area contributed by atoms with Crippen LogP contribution in [0, 0.1) is 5.92 Å². The number of benzene rings is 2. The second-order valence-corrected chi connectivity index (χ2v) is 13.9. The lowest BCUT2D eigenvalue weighted by Gasteiger charge is -2.27. The van der Waals surface area contributed by atoms with Crippen LogP contribution in [0.5, 0.6) is 11.5 Å². The number of esters is 1. The van der Waals surface area contributed by atoms with Crippen molar-refractivity contribution in [3.05, 3.63) is 71.1 Å². The minimum atomic E-state index is -1.12. The summed E-state index contributed by atoms with van der Waals surface area (Å²) in [7, 11) is 4.60. The molecule has 2 aliphatic heterocycles. The van der Waals surface area contributed by atoms with E-state index < -0.39 is 59.6 Å². The molecule has 274 valence electrons. The molecule has 1 saturated heterocycles. The number of hydrogen-bond donors (Lipinski definition) is 0. The normalized spacial score (nSPS) is 24.9. The molecule has 2 aliphatic rings. The third kappa shape index (κ3) is 10.1. The Kier molecular flexibility index (Phi) is 12.7. The van der Waals surface area contributed by atoms with Gasteiger partial charge in [-0.15, -0.1) is 0 Å². The lowest BCUT2D eigenvalue weighted by atomic mass is 9.97. The summed E-state index contributed by atoms with van der Waals surface area (Å²) >= 11 is 0. The summed E-state index contributed by atoms with van der Waals surface area (Å²) in [5.41, 5.74) is 1.01. The molecule has 0 unspecified atom stereocenters. The summed E-state index contributed by atoms with van der Waals surface area (Å²) < 4.78 is 62.9. The van der Waals surface area contributed by atoms with E-state index in [1.807, 2.05) is 24.3 Å². The Hall–Kier alpha value is -3.97. The fourth-order valence-electron chi connectivity index (χ4n) is 5.52. The van der Waals surface area contributed by atoms with Crippen LogP contribution in [0.4, 0.5) is 14.9 Å². The third-order valence-corrected chi connectivity index (χ3v) is 8.21. The maximum atomic E-state index is 16.3. The Morgan fingerprint density at radius 3 is 2.42 bits per heavy atom.